The van der Waals surface area contributed by atoms with Crippen LogP contribution in [0.2, 0.25) is 0 Å². The molecule has 0 aromatic carbocycles. The standard InChI is InChI=1S/C8H11N3/c1-2-4-9-6-8-3-5-10-11-7-8/h2-3,5,7,9H,1,4,6H2. The second-order valence-electron chi connectivity index (χ2n) is 2.17. The lowest BCUT2D eigenvalue weighted by molar-refractivity contribution is 0.752. The van der Waals surface area contributed by atoms with Crippen molar-refractivity contribution in [2.45, 2.75) is 6.54 Å². The molecule has 3 nitrogen and oxygen atoms in total. The van der Waals surface area contributed by atoms with Crippen LogP contribution in [0.1, 0.15) is 5.56 Å². The fourth-order valence-corrected chi connectivity index (χ4v) is 0.741. The topological polar surface area (TPSA) is 37.8 Å². The van der Waals surface area contributed by atoms with Crippen LogP contribution < -0.4 is 5.32 Å². The van der Waals surface area contributed by atoms with Crippen molar-refractivity contribution in [3.63, 3.8) is 0 Å². The third-order valence-electron chi connectivity index (χ3n) is 1.26. The number of nitrogens with one attached hydrogen (secondary N) is 1. The summed E-state index contributed by atoms with van der Waals surface area (Å²) in [5, 5.41) is 10.6. The normalized spacial score (nSPS) is 9.45. The molecule has 0 bridgehead atoms. The monoisotopic (exact) mass is 149 g/mol. The lowest BCUT2D eigenvalue weighted by Crippen LogP contribution is -2.12. The molecule has 0 unspecified atom stereocenters. The van der Waals surface area contributed by atoms with Crippen molar-refractivity contribution in [2.75, 3.05) is 6.54 Å². The second kappa shape index (κ2) is 4.57. The Morgan fingerprint density at radius 2 is 2.45 bits per heavy atom. The molecule has 0 aliphatic carbocycles. The molecule has 0 spiro atoms. The van der Waals surface area contributed by atoms with Gasteiger partial charge in [0.15, 0.2) is 0 Å². The van der Waals surface area contributed by atoms with Crippen molar-refractivity contribution in [2.24, 2.45) is 0 Å². The maximum atomic E-state index is 3.75. The average molecular weight is 149 g/mol. The molecule has 1 aromatic rings. The van der Waals surface area contributed by atoms with Gasteiger partial charge >= 0.3 is 0 Å². The lowest BCUT2D eigenvalue weighted by Gasteiger charge is -1.98. The van der Waals surface area contributed by atoms with Gasteiger partial charge in [-0.05, 0) is 11.6 Å². The van der Waals surface area contributed by atoms with Crippen LogP contribution in [0, 0.1) is 0 Å². The Kier molecular flexibility index (Phi) is 3.28. The number of rotatable bonds is 4. The van der Waals surface area contributed by atoms with Crippen molar-refractivity contribution in [3.8, 4) is 0 Å². The molecule has 0 aliphatic heterocycles. The molecule has 0 saturated heterocycles. The van der Waals surface area contributed by atoms with E-state index in [4.69, 9.17) is 0 Å². The highest BCUT2D eigenvalue weighted by molar-refractivity contribution is 5.04. The first-order valence-corrected chi connectivity index (χ1v) is 3.50. The molecule has 1 rings (SSSR count). The number of hydrogen-bond donors (Lipinski definition) is 1. The fraction of sp³-hybridized carbons (Fsp3) is 0.250. The summed E-state index contributed by atoms with van der Waals surface area (Å²) in [7, 11) is 0. The van der Waals surface area contributed by atoms with Gasteiger partial charge < -0.3 is 5.32 Å². The van der Waals surface area contributed by atoms with E-state index in [-0.39, 0.29) is 0 Å². The van der Waals surface area contributed by atoms with Crippen LogP contribution in [-0.4, -0.2) is 16.7 Å². The van der Waals surface area contributed by atoms with Gasteiger partial charge in [0.05, 0.1) is 6.20 Å². The second-order valence-corrected chi connectivity index (χ2v) is 2.17. The Morgan fingerprint density at radius 1 is 1.55 bits per heavy atom. The summed E-state index contributed by atoms with van der Waals surface area (Å²) >= 11 is 0. The van der Waals surface area contributed by atoms with Crippen LogP contribution in [0.25, 0.3) is 0 Å². The van der Waals surface area contributed by atoms with Crippen LogP contribution >= 0.6 is 0 Å². The predicted octanol–water partition coefficient (Wildman–Crippen LogP) is 0.752. The highest BCUT2D eigenvalue weighted by Gasteiger charge is 1.88. The molecule has 0 fully saturated rings. The van der Waals surface area contributed by atoms with Crippen molar-refractivity contribution < 1.29 is 0 Å². The Bertz CT molecular complexity index is 208. The van der Waals surface area contributed by atoms with E-state index in [2.05, 4.69) is 22.1 Å². The van der Waals surface area contributed by atoms with E-state index in [0.717, 1.165) is 18.7 Å². The van der Waals surface area contributed by atoms with Gasteiger partial charge in [-0.25, -0.2) is 0 Å². The Labute approximate surface area is 66.2 Å². The van der Waals surface area contributed by atoms with Crippen molar-refractivity contribution >= 4 is 0 Å². The smallest absolute Gasteiger partial charge is 0.0541 e. The first-order valence-electron chi connectivity index (χ1n) is 3.50. The average Bonchev–Trinajstić information content (AvgIpc) is 2.07. The maximum Gasteiger partial charge on any atom is 0.0541 e. The molecule has 0 saturated carbocycles. The van der Waals surface area contributed by atoms with Crippen LogP contribution in [0.5, 0.6) is 0 Å². The maximum absolute atomic E-state index is 3.75. The van der Waals surface area contributed by atoms with Gasteiger partial charge in [0.2, 0.25) is 0 Å². The molecule has 1 N–H and O–H groups in total. The Hall–Kier alpha value is -1.22. The van der Waals surface area contributed by atoms with E-state index in [9.17, 15) is 0 Å². The molecule has 1 aromatic heterocycles. The van der Waals surface area contributed by atoms with Crippen LogP contribution in [0.3, 0.4) is 0 Å². The summed E-state index contributed by atoms with van der Waals surface area (Å²) in [6.45, 7) is 5.24. The molecule has 1 heterocycles. The Morgan fingerprint density at radius 3 is 3.09 bits per heavy atom. The SMILES string of the molecule is C=CCNCc1ccnnc1. The Balaban J connectivity index is 2.33. The summed E-state index contributed by atoms with van der Waals surface area (Å²) in [4.78, 5) is 0. The summed E-state index contributed by atoms with van der Waals surface area (Å²) in [6.07, 6.45) is 5.26. The minimum Gasteiger partial charge on any atom is -0.309 e. The summed E-state index contributed by atoms with van der Waals surface area (Å²) in [5.41, 5.74) is 1.14. The zero-order valence-corrected chi connectivity index (χ0v) is 6.33. The van der Waals surface area contributed by atoms with E-state index >= 15 is 0 Å². The van der Waals surface area contributed by atoms with Crippen LogP contribution in [-0.2, 0) is 6.54 Å². The third kappa shape index (κ3) is 2.91. The molecule has 58 valence electrons. The van der Waals surface area contributed by atoms with Gasteiger partial charge in [0, 0.05) is 19.3 Å². The number of aromatic nitrogens is 2. The van der Waals surface area contributed by atoms with Gasteiger partial charge in [-0.1, -0.05) is 6.08 Å². The molecule has 0 atom stereocenters. The molecule has 3 heteroatoms. The first kappa shape index (κ1) is 7.88. The van der Waals surface area contributed by atoms with E-state index in [1.165, 1.54) is 0 Å². The van der Waals surface area contributed by atoms with E-state index < -0.39 is 0 Å². The van der Waals surface area contributed by atoms with Gasteiger partial charge in [0.25, 0.3) is 0 Å². The van der Waals surface area contributed by atoms with Crippen molar-refractivity contribution in [3.05, 3.63) is 36.7 Å². The highest BCUT2D eigenvalue weighted by atomic mass is 15.1. The zero-order chi connectivity index (χ0) is 7.94. The third-order valence-corrected chi connectivity index (χ3v) is 1.26. The number of hydrogen-bond acceptors (Lipinski definition) is 3. The van der Waals surface area contributed by atoms with Gasteiger partial charge in [-0.2, -0.15) is 10.2 Å². The highest BCUT2D eigenvalue weighted by Crippen LogP contribution is 1.91. The van der Waals surface area contributed by atoms with E-state index in [1.807, 2.05) is 12.1 Å². The summed E-state index contributed by atoms with van der Waals surface area (Å²) in [5.74, 6) is 0. The number of nitrogens with zero attached hydrogens (tertiary/aromatic N) is 2. The summed E-state index contributed by atoms with van der Waals surface area (Å²) in [6, 6.07) is 1.93. The van der Waals surface area contributed by atoms with Gasteiger partial charge in [-0.15, -0.1) is 6.58 Å². The van der Waals surface area contributed by atoms with E-state index in [0.29, 0.717) is 0 Å². The molecule has 0 aliphatic rings. The van der Waals surface area contributed by atoms with Crippen LogP contribution in [0.15, 0.2) is 31.1 Å². The fourth-order valence-electron chi connectivity index (χ4n) is 0.741. The van der Waals surface area contributed by atoms with Gasteiger partial charge in [-0.3, -0.25) is 0 Å². The van der Waals surface area contributed by atoms with Crippen LogP contribution in [0.4, 0.5) is 0 Å². The first-order chi connectivity index (χ1) is 5.43. The largest absolute Gasteiger partial charge is 0.309 e. The lowest BCUT2D eigenvalue weighted by atomic mass is 10.3. The summed E-state index contributed by atoms with van der Waals surface area (Å²) < 4.78 is 0. The molecular formula is C8H11N3. The zero-order valence-electron chi connectivity index (χ0n) is 6.33. The minimum absolute atomic E-state index is 0.821. The molecule has 0 amide bonds. The molecular weight excluding hydrogens is 138 g/mol. The minimum atomic E-state index is 0.821. The molecule has 0 radical (unpaired) electrons. The van der Waals surface area contributed by atoms with Crippen molar-refractivity contribution in [1.29, 1.82) is 0 Å². The quantitative estimate of drug-likeness (QED) is 0.507. The predicted molar refractivity (Wildman–Crippen MR) is 43.9 cm³/mol. The van der Waals surface area contributed by atoms with Gasteiger partial charge in [0.1, 0.15) is 0 Å². The van der Waals surface area contributed by atoms with E-state index in [1.54, 1.807) is 12.4 Å². The van der Waals surface area contributed by atoms with Crippen molar-refractivity contribution in [1.82, 2.24) is 15.5 Å². The molecule has 11 heavy (non-hydrogen) atoms.